The largest absolute Gasteiger partial charge is 0.380 e. The van der Waals surface area contributed by atoms with Gasteiger partial charge in [0.05, 0.1) is 48.8 Å². The highest BCUT2D eigenvalue weighted by atomic mass is 16.1. The number of aryl methyl sites for hydroxylation is 1. The maximum atomic E-state index is 13.0. The number of nitrogens with one attached hydrogen (secondary N) is 1. The summed E-state index contributed by atoms with van der Waals surface area (Å²) in [5.74, 6) is 1.12. The zero-order chi connectivity index (χ0) is 25.0. The van der Waals surface area contributed by atoms with E-state index in [9.17, 15) is 4.79 Å². The fraction of sp³-hybridized carbons (Fsp3) is 0.261. The molecule has 8 radical (unpaired) electrons. The number of rotatable bonds is 4. The van der Waals surface area contributed by atoms with Crippen molar-refractivity contribution in [2.24, 2.45) is 7.05 Å². The van der Waals surface area contributed by atoms with Crippen LogP contribution in [0.5, 0.6) is 0 Å². The molecule has 1 amide bonds. The van der Waals surface area contributed by atoms with Gasteiger partial charge in [-0.25, -0.2) is 9.97 Å². The number of amides is 1. The predicted octanol–water partition coefficient (Wildman–Crippen LogP) is 1.57. The highest BCUT2D eigenvalue weighted by Crippen LogP contribution is 2.37. The minimum absolute atomic E-state index is 0.305. The maximum Gasteiger partial charge on any atom is 0.257 e. The Kier molecular flexibility index (Phi) is 5.49. The van der Waals surface area contributed by atoms with Gasteiger partial charge >= 0.3 is 0 Å². The molecule has 0 atom stereocenters. The highest BCUT2D eigenvalue weighted by Gasteiger charge is 2.43. The van der Waals surface area contributed by atoms with Crippen molar-refractivity contribution in [1.29, 1.82) is 0 Å². The first-order chi connectivity index (χ1) is 16.5. The van der Waals surface area contributed by atoms with Gasteiger partial charge in [-0.3, -0.25) is 4.79 Å². The second-order valence-electron chi connectivity index (χ2n) is 8.93. The molecule has 35 heavy (non-hydrogen) atoms. The standard InChI is InChI=1S/C23H19B4N7O/c1-13-29-12-18(33(13)2)14-3-4-17-16(9-14)10-19(32-31-17)30-21(35)15-5-8-28-20(11-15)34-22(24,25)6-7-23(34,26)27/h3-5,8-12H,6-7H2,1-2H3,(H,30,32,35). The van der Waals surface area contributed by atoms with Crippen LogP contribution >= 0.6 is 0 Å². The normalized spacial score (nSPS) is 16.5. The number of carbonyl (C=O) groups is 1. The Morgan fingerprint density at radius 2 is 1.74 bits per heavy atom. The van der Waals surface area contributed by atoms with Crippen molar-refractivity contribution >= 4 is 59.8 Å². The lowest BCUT2D eigenvalue weighted by atomic mass is 9.58. The number of hydrogen-bond acceptors (Lipinski definition) is 6. The maximum absolute atomic E-state index is 13.0. The SMILES string of the molecule is [B]C1([B])CCC([B])([B])N1c1cc(C(=O)Nc2cc3cc(-c4cnc(C)n4C)ccc3nn2)ccn1. The minimum atomic E-state index is -1.28. The second kappa shape index (κ2) is 8.29. The summed E-state index contributed by atoms with van der Waals surface area (Å²) >= 11 is 0. The van der Waals surface area contributed by atoms with Gasteiger partial charge in [0.1, 0.15) is 11.6 Å². The monoisotopic (exact) mass is 453 g/mol. The minimum Gasteiger partial charge on any atom is -0.380 e. The summed E-state index contributed by atoms with van der Waals surface area (Å²) in [6.07, 6.45) is 4.06. The molecule has 0 saturated carbocycles. The predicted molar refractivity (Wildman–Crippen MR) is 139 cm³/mol. The number of pyridine rings is 1. The molecule has 3 aromatic heterocycles. The molecule has 1 aliphatic heterocycles. The zero-order valence-corrected chi connectivity index (χ0v) is 19.4. The Morgan fingerprint density at radius 1 is 1.00 bits per heavy atom. The van der Waals surface area contributed by atoms with Crippen LogP contribution in [0, 0.1) is 6.92 Å². The molecule has 0 spiro atoms. The summed E-state index contributed by atoms with van der Waals surface area (Å²) in [4.78, 5) is 23.1. The van der Waals surface area contributed by atoms with E-state index in [-0.39, 0.29) is 0 Å². The molecule has 0 aliphatic carbocycles. The first-order valence-corrected chi connectivity index (χ1v) is 11.0. The van der Waals surface area contributed by atoms with Crippen molar-refractivity contribution in [2.45, 2.75) is 30.4 Å². The third-order valence-electron chi connectivity index (χ3n) is 6.34. The van der Waals surface area contributed by atoms with Crippen molar-refractivity contribution in [2.75, 3.05) is 10.2 Å². The summed E-state index contributed by atoms with van der Waals surface area (Å²) in [6.45, 7) is 1.94. The zero-order valence-electron chi connectivity index (χ0n) is 19.4. The van der Waals surface area contributed by atoms with Crippen molar-refractivity contribution in [3.8, 4) is 11.3 Å². The van der Waals surface area contributed by atoms with Gasteiger partial charge < -0.3 is 14.8 Å². The molecule has 1 aliphatic rings. The van der Waals surface area contributed by atoms with Crippen LogP contribution in [0.3, 0.4) is 0 Å². The van der Waals surface area contributed by atoms with E-state index in [0.717, 1.165) is 22.5 Å². The smallest absolute Gasteiger partial charge is 0.257 e. The lowest BCUT2D eigenvalue weighted by Crippen LogP contribution is -2.56. The molecule has 1 saturated heterocycles. The number of anilines is 2. The number of hydrogen-bond donors (Lipinski definition) is 1. The summed E-state index contributed by atoms with van der Waals surface area (Å²) in [5.41, 5.74) is 2.98. The van der Waals surface area contributed by atoms with Crippen molar-refractivity contribution in [1.82, 2.24) is 24.7 Å². The summed E-state index contributed by atoms with van der Waals surface area (Å²) in [6, 6.07) is 10.7. The average molecular weight is 453 g/mol. The van der Waals surface area contributed by atoms with E-state index < -0.39 is 16.6 Å². The fourth-order valence-electron chi connectivity index (χ4n) is 4.34. The molecule has 164 valence electrons. The highest BCUT2D eigenvalue weighted by molar-refractivity contribution is 6.48. The van der Waals surface area contributed by atoms with Gasteiger partial charge in [0.15, 0.2) is 5.82 Å². The molecular formula is C23H19B4N7O. The molecule has 8 nitrogen and oxygen atoms in total. The number of fused-ring (bicyclic) bond motifs is 1. The molecule has 4 aromatic rings. The van der Waals surface area contributed by atoms with Crippen LogP contribution in [-0.2, 0) is 7.05 Å². The first kappa shape index (κ1) is 23.2. The van der Waals surface area contributed by atoms with Gasteiger partial charge in [-0.1, -0.05) is 6.07 Å². The van der Waals surface area contributed by atoms with Crippen LogP contribution in [0.25, 0.3) is 22.2 Å². The van der Waals surface area contributed by atoms with E-state index in [1.165, 1.54) is 11.1 Å². The van der Waals surface area contributed by atoms with E-state index in [4.69, 9.17) is 31.4 Å². The fourth-order valence-corrected chi connectivity index (χ4v) is 4.34. The number of imidazole rings is 1. The summed E-state index contributed by atoms with van der Waals surface area (Å²) in [5, 5.41) is 9.42. The van der Waals surface area contributed by atoms with Gasteiger partial charge in [0.25, 0.3) is 5.91 Å². The Hall–Kier alpha value is -3.55. The number of carbonyl (C=O) groups excluding carboxylic acids is 1. The summed E-state index contributed by atoms with van der Waals surface area (Å²) < 4.78 is 2.01. The third kappa shape index (κ3) is 4.22. The van der Waals surface area contributed by atoms with Crippen molar-refractivity contribution in [3.63, 3.8) is 0 Å². The topological polar surface area (TPSA) is 88.8 Å². The van der Waals surface area contributed by atoms with Crippen LogP contribution in [0.2, 0.25) is 0 Å². The molecule has 12 heteroatoms. The lowest BCUT2D eigenvalue weighted by Gasteiger charge is -2.44. The van der Waals surface area contributed by atoms with Crippen molar-refractivity contribution in [3.05, 3.63) is 60.2 Å². The van der Waals surface area contributed by atoms with Crippen LogP contribution in [0.1, 0.15) is 29.0 Å². The number of nitrogens with zero attached hydrogens (tertiary/aromatic N) is 6. The van der Waals surface area contributed by atoms with Crippen LogP contribution in [0.15, 0.2) is 48.8 Å². The van der Waals surface area contributed by atoms with Crippen LogP contribution < -0.4 is 10.2 Å². The van der Waals surface area contributed by atoms with Gasteiger partial charge in [-0.2, -0.15) is 0 Å². The molecule has 1 fully saturated rings. The number of aromatic nitrogens is 5. The van der Waals surface area contributed by atoms with Gasteiger partial charge in [-0.15, -0.1) is 10.2 Å². The Bertz CT molecular complexity index is 1440. The van der Waals surface area contributed by atoms with E-state index in [0.29, 0.717) is 35.6 Å². The van der Waals surface area contributed by atoms with Gasteiger partial charge in [-0.05, 0) is 60.8 Å². The lowest BCUT2D eigenvalue weighted by molar-refractivity contribution is 0.102. The van der Waals surface area contributed by atoms with Gasteiger partial charge in [0.2, 0.25) is 0 Å². The Balaban J connectivity index is 1.42. The van der Waals surface area contributed by atoms with Crippen molar-refractivity contribution < 1.29 is 4.79 Å². The summed E-state index contributed by atoms with van der Waals surface area (Å²) in [7, 11) is 26.7. The molecule has 4 heterocycles. The Labute approximate surface area is 208 Å². The van der Waals surface area contributed by atoms with Gasteiger partial charge in [0, 0.05) is 29.8 Å². The third-order valence-corrected chi connectivity index (χ3v) is 6.34. The van der Waals surface area contributed by atoms with E-state index in [1.807, 2.05) is 42.9 Å². The molecular weight excluding hydrogens is 434 g/mol. The second-order valence-corrected chi connectivity index (χ2v) is 8.93. The van der Waals surface area contributed by atoms with Crippen LogP contribution in [0.4, 0.5) is 11.6 Å². The number of benzene rings is 1. The Morgan fingerprint density at radius 3 is 2.43 bits per heavy atom. The van der Waals surface area contributed by atoms with E-state index >= 15 is 0 Å². The molecule has 5 rings (SSSR count). The molecule has 1 aromatic carbocycles. The van der Waals surface area contributed by atoms with Crippen LogP contribution in [-0.4, -0.2) is 72.7 Å². The molecule has 0 bridgehead atoms. The average Bonchev–Trinajstić information content (AvgIpc) is 3.26. The quantitative estimate of drug-likeness (QED) is 0.473. The van der Waals surface area contributed by atoms with E-state index in [1.54, 1.807) is 18.2 Å². The van der Waals surface area contributed by atoms with E-state index in [2.05, 4.69) is 25.5 Å². The molecule has 0 unspecified atom stereocenters. The first-order valence-electron chi connectivity index (χ1n) is 11.0. The molecule has 1 N–H and O–H groups in total.